The highest BCUT2D eigenvalue weighted by Crippen LogP contribution is 2.29. The summed E-state index contributed by atoms with van der Waals surface area (Å²) in [4.78, 5) is 11.4. The van der Waals surface area contributed by atoms with E-state index in [1.807, 2.05) is 0 Å². The molecule has 6 heteroatoms. The lowest BCUT2D eigenvalue weighted by Crippen LogP contribution is -2.14. The largest absolute Gasteiger partial charge is 0.449 e. The summed E-state index contributed by atoms with van der Waals surface area (Å²) in [5.74, 6) is 0. The van der Waals surface area contributed by atoms with Crippen LogP contribution in [0, 0.1) is 0 Å². The first-order valence-corrected chi connectivity index (χ1v) is 6.54. The molecule has 0 aliphatic heterocycles. The van der Waals surface area contributed by atoms with Crippen LogP contribution in [-0.4, -0.2) is 12.7 Å². The number of benzene rings is 1. The minimum absolute atomic E-state index is 0.275. The Morgan fingerprint density at radius 3 is 2.35 bits per heavy atom. The summed E-state index contributed by atoms with van der Waals surface area (Å²) in [7, 11) is 0. The van der Waals surface area contributed by atoms with Crippen molar-refractivity contribution in [1.82, 2.24) is 0 Å². The smallest absolute Gasteiger partial charge is 0.416 e. The summed E-state index contributed by atoms with van der Waals surface area (Å²) in [6, 6.07) is 4.22. The molecule has 1 aromatic rings. The van der Waals surface area contributed by atoms with Crippen LogP contribution in [0.25, 0.3) is 0 Å². The lowest BCUT2D eigenvalue weighted by atomic mass is 10.2. The van der Waals surface area contributed by atoms with Gasteiger partial charge < -0.3 is 4.74 Å². The van der Waals surface area contributed by atoms with Crippen LogP contribution in [0.15, 0.2) is 24.3 Å². The third-order valence-electron chi connectivity index (χ3n) is 2.69. The van der Waals surface area contributed by atoms with Crippen molar-refractivity contribution in [2.75, 3.05) is 11.9 Å². The van der Waals surface area contributed by atoms with E-state index in [1.165, 1.54) is 12.1 Å². The number of carbonyl (C=O) groups excluding carboxylic acids is 1. The number of halogens is 3. The fraction of sp³-hybridized carbons (Fsp3) is 0.500. The standard InChI is InChI=1S/C14H18F3NO2/c1-2-3-4-5-10-20-13(19)18-12-8-6-11(7-9-12)14(15,16)17/h6-9H,2-5,10H2,1H3,(H,18,19). The highest BCUT2D eigenvalue weighted by molar-refractivity contribution is 5.84. The summed E-state index contributed by atoms with van der Waals surface area (Å²) in [5, 5.41) is 2.38. The number of anilines is 1. The van der Waals surface area contributed by atoms with E-state index in [-0.39, 0.29) is 5.69 Å². The number of ether oxygens (including phenoxy) is 1. The van der Waals surface area contributed by atoms with Crippen molar-refractivity contribution in [1.29, 1.82) is 0 Å². The van der Waals surface area contributed by atoms with E-state index in [0.29, 0.717) is 6.61 Å². The Hall–Kier alpha value is -1.72. The second-order valence-electron chi connectivity index (χ2n) is 4.40. The summed E-state index contributed by atoms with van der Waals surface area (Å²) >= 11 is 0. The summed E-state index contributed by atoms with van der Waals surface area (Å²) in [6.07, 6.45) is -1.07. The SMILES string of the molecule is CCCCCCOC(=O)Nc1ccc(C(F)(F)F)cc1. The third kappa shape index (κ3) is 5.95. The van der Waals surface area contributed by atoms with Crippen LogP contribution in [-0.2, 0) is 10.9 Å². The van der Waals surface area contributed by atoms with Gasteiger partial charge in [-0.2, -0.15) is 13.2 Å². The minimum Gasteiger partial charge on any atom is -0.449 e. The molecule has 1 aromatic carbocycles. The summed E-state index contributed by atoms with van der Waals surface area (Å²) in [5.41, 5.74) is -0.479. The van der Waals surface area contributed by atoms with E-state index >= 15 is 0 Å². The first-order valence-electron chi connectivity index (χ1n) is 6.54. The number of alkyl halides is 3. The molecule has 0 saturated carbocycles. The van der Waals surface area contributed by atoms with Crippen LogP contribution in [0.4, 0.5) is 23.7 Å². The average molecular weight is 289 g/mol. The quantitative estimate of drug-likeness (QED) is 0.761. The fourth-order valence-corrected chi connectivity index (χ4v) is 1.59. The second-order valence-corrected chi connectivity index (χ2v) is 4.40. The predicted octanol–water partition coefficient (Wildman–Crippen LogP) is 4.83. The van der Waals surface area contributed by atoms with Crippen LogP contribution in [0.5, 0.6) is 0 Å². The number of unbranched alkanes of at least 4 members (excludes halogenated alkanes) is 3. The Morgan fingerprint density at radius 2 is 1.80 bits per heavy atom. The average Bonchev–Trinajstić information content (AvgIpc) is 2.38. The zero-order valence-corrected chi connectivity index (χ0v) is 11.3. The van der Waals surface area contributed by atoms with Crippen LogP contribution in [0.1, 0.15) is 38.2 Å². The van der Waals surface area contributed by atoms with E-state index in [4.69, 9.17) is 4.74 Å². The molecule has 20 heavy (non-hydrogen) atoms. The van der Waals surface area contributed by atoms with Gasteiger partial charge in [0.25, 0.3) is 0 Å². The van der Waals surface area contributed by atoms with Gasteiger partial charge in [-0.25, -0.2) is 4.79 Å². The molecule has 0 unspecified atom stereocenters. The van der Waals surface area contributed by atoms with Gasteiger partial charge in [0.05, 0.1) is 12.2 Å². The number of hydrogen-bond acceptors (Lipinski definition) is 2. The van der Waals surface area contributed by atoms with Crippen molar-refractivity contribution >= 4 is 11.8 Å². The van der Waals surface area contributed by atoms with Crippen molar-refractivity contribution in [3.8, 4) is 0 Å². The zero-order chi connectivity index (χ0) is 15.0. The maximum Gasteiger partial charge on any atom is 0.416 e. The van der Waals surface area contributed by atoms with Gasteiger partial charge in [0.2, 0.25) is 0 Å². The number of amides is 1. The van der Waals surface area contributed by atoms with Crippen LogP contribution < -0.4 is 5.32 Å². The Bertz CT molecular complexity index is 415. The van der Waals surface area contributed by atoms with Gasteiger partial charge in [0, 0.05) is 5.69 Å². The maximum atomic E-state index is 12.3. The van der Waals surface area contributed by atoms with E-state index in [9.17, 15) is 18.0 Å². The fourth-order valence-electron chi connectivity index (χ4n) is 1.59. The van der Waals surface area contributed by atoms with E-state index in [2.05, 4.69) is 12.2 Å². The summed E-state index contributed by atoms with van der Waals surface area (Å²) < 4.78 is 41.9. The van der Waals surface area contributed by atoms with Gasteiger partial charge in [-0.05, 0) is 30.7 Å². The normalized spacial score (nSPS) is 11.2. The van der Waals surface area contributed by atoms with Crippen molar-refractivity contribution in [3.63, 3.8) is 0 Å². The van der Waals surface area contributed by atoms with Gasteiger partial charge in [-0.15, -0.1) is 0 Å². The molecule has 0 fully saturated rings. The molecule has 1 amide bonds. The molecule has 0 atom stereocenters. The van der Waals surface area contributed by atoms with Gasteiger partial charge in [-0.1, -0.05) is 26.2 Å². The van der Waals surface area contributed by atoms with E-state index < -0.39 is 17.8 Å². The van der Waals surface area contributed by atoms with Gasteiger partial charge in [-0.3, -0.25) is 5.32 Å². The van der Waals surface area contributed by atoms with Crippen molar-refractivity contribution in [2.45, 2.75) is 38.8 Å². The molecular weight excluding hydrogens is 271 g/mol. The van der Waals surface area contributed by atoms with Crippen molar-refractivity contribution < 1.29 is 22.7 Å². The van der Waals surface area contributed by atoms with Crippen molar-refractivity contribution in [2.24, 2.45) is 0 Å². The summed E-state index contributed by atoms with van der Waals surface area (Å²) in [6.45, 7) is 2.39. The molecule has 0 spiro atoms. The molecule has 3 nitrogen and oxygen atoms in total. The molecule has 0 aliphatic carbocycles. The first-order chi connectivity index (χ1) is 9.43. The number of rotatable bonds is 6. The zero-order valence-electron chi connectivity index (χ0n) is 11.3. The maximum absolute atomic E-state index is 12.3. The monoisotopic (exact) mass is 289 g/mol. The van der Waals surface area contributed by atoms with Crippen LogP contribution in [0.3, 0.4) is 0 Å². The molecule has 0 saturated heterocycles. The van der Waals surface area contributed by atoms with Crippen LogP contribution in [0.2, 0.25) is 0 Å². The topological polar surface area (TPSA) is 38.3 Å². The van der Waals surface area contributed by atoms with Gasteiger partial charge in [0.1, 0.15) is 0 Å². The minimum atomic E-state index is -4.38. The lowest BCUT2D eigenvalue weighted by molar-refractivity contribution is -0.137. The van der Waals surface area contributed by atoms with E-state index in [1.54, 1.807) is 0 Å². The number of hydrogen-bond donors (Lipinski definition) is 1. The molecule has 0 bridgehead atoms. The van der Waals surface area contributed by atoms with Crippen molar-refractivity contribution in [3.05, 3.63) is 29.8 Å². The Balaban J connectivity index is 2.35. The molecule has 112 valence electrons. The molecule has 1 rings (SSSR count). The second kappa shape index (κ2) is 7.77. The highest BCUT2D eigenvalue weighted by Gasteiger charge is 2.29. The molecule has 0 aromatic heterocycles. The highest BCUT2D eigenvalue weighted by atomic mass is 19.4. The molecule has 1 N–H and O–H groups in total. The molecule has 0 radical (unpaired) electrons. The Labute approximate surface area is 116 Å². The first kappa shape index (κ1) is 16.3. The molecule has 0 aliphatic rings. The molecular formula is C14H18F3NO2. The molecule has 0 heterocycles. The van der Waals surface area contributed by atoms with Gasteiger partial charge in [0.15, 0.2) is 0 Å². The number of nitrogens with one attached hydrogen (secondary N) is 1. The Morgan fingerprint density at radius 1 is 1.15 bits per heavy atom. The third-order valence-corrected chi connectivity index (χ3v) is 2.69. The van der Waals surface area contributed by atoms with Crippen LogP contribution >= 0.6 is 0 Å². The van der Waals surface area contributed by atoms with E-state index in [0.717, 1.165) is 37.8 Å². The Kier molecular flexibility index (Phi) is 6.35. The van der Waals surface area contributed by atoms with Gasteiger partial charge >= 0.3 is 12.3 Å². The lowest BCUT2D eigenvalue weighted by Gasteiger charge is -2.09. The number of carbonyl (C=O) groups is 1. The predicted molar refractivity (Wildman–Crippen MR) is 70.6 cm³/mol.